The number of ether oxygens (including phenoxy) is 2. The lowest BCUT2D eigenvalue weighted by molar-refractivity contribution is 0.0944. The number of aryl methyl sites for hydroxylation is 1. The highest BCUT2D eigenvalue weighted by Gasteiger charge is 2.13. The third-order valence-corrected chi connectivity index (χ3v) is 3.13. The summed E-state index contributed by atoms with van der Waals surface area (Å²) in [5.41, 5.74) is 1.33. The van der Waals surface area contributed by atoms with E-state index in [4.69, 9.17) is 13.9 Å². The number of methoxy groups -OCH3 is 1. The molecule has 6 nitrogen and oxygen atoms in total. The molecule has 1 N–H and O–H groups in total. The second-order valence-corrected chi connectivity index (χ2v) is 5.67. The molecule has 0 bridgehead atoms. The van der Waals surface area contributed by atoms with Crippen LogP contribution >= 0.6 is 0 Å². The van der Waals surface area contributed by atoms with E-state index in [1.165, 1.54) is 6.26 Å². The van der Waals surface area contributed by atoms with Gasteiger partial charge in [-0.2, -0.15) is 0 Å². The van der Waals surface area contributed by atoms with Gasteiger partial charge >= 0.3 is 0 Å². The zero-order valence-corrected chi connectivity index (χ0v) is 13.9. The van der Waals surface area contributed by atoms with Crippen LogP contribution in [0.2, 0.25) is 0 Å². The second-order valence-electron chi connectivity index (χ2n) is 5.67. The van der Waals surface area contributed by atoms with Crippen LogP contribution in [0.3, 0.4) is 0 Å². The number of aromatic nitrogens is 1. The highest BCUT2D eigenvalue weighted by molar-refractivity contribution is 5.91. The van der Waals surface area contributed by atoms with E-state index in [0.717, 1.165) is 5.56 Å². The molecule has 0 unspecified atom stereocenters. The number of carbonyl (C=O) groups is 1. The van der Waals surface area contributed by atoms with Gasteiger partial charge in [0, 0.05) is 6.54 Å². The van der Waals surface area contributed by atoms with E-state index in [1.54, 1.807) is 7.11 Å². The Kier molecular flexibility index (Phi) is 5.62. The van der Waals surface area contributed by atoms with Crippen LogP contribution in [-0.4, -0.2) is 24.5 Å². The van der Waals surface area contributed by atoms with Crippen molar-refractivity contribution in [1.82, 2.24) is 10.3 Å². The van der Waals surface area contributed by atoms with E-state index < -0.39 is 0 Å². The maximum Gasteiger partial charge on any atom is 0.273 e. The fraction of sp³-hybridized carbons (Fsp3) is 0.412. The average molecular weight is 318 g/mol. The number of carbonyl (C=O) groups excluding carboxylic acids is 1. The van der Waals surface area contributed by atoms with Gasteiger partial charge in [-0.15, -0.1) is 0 Å². The zero-order chi connectivity index (χ0) is 16.8. The summed E-state index contributed by atoms with van der Waals surface area (Å²) in [4.78, 5) is 16.0. The molecule has 2 aromatic rings. The molecule has 2 rings (SSSR count). The number of oxazole rings is 1. The summed E-state index contributed by atoms with van der Waals surface area (Å²) in [6, 6.07) is 5.64. The molecule has 0 aliphatic carbocycles. The molecule has 0 spiro atoms. The SMILES string of the molecule is COc1cc(C)ccc1OCc1nc(C(=O)NCC(C)C)co1. The van der Waals surface area contributed by atoms with Crippen molar-refractivity contribution in [2.45, 2.75) is 27.4 Å². The Balaban J connectivity index is 1.96. The molecule has 0 saturated heterocycles. The Bertz CT molecular complexity index is 664. The lowest BCUT2D eigenvalue weighted by Crippen LogP contribution is -2.27. The molecule has 0 aliphatic heterocycles. The van der Waals surface area contributed by atoms with Gasteiger partial charge < -0.3 is 19.2 Å². The van der Waals surface area contributed by atoms with Crippen LogP contribution in [0.1, 0.15) is 35.8 Å². The molecule has 124 valence electrons. The molecular formula is C17H22N2O4. The minimum absolute atomic E-state index is 0.122. The van der Waals surface area contributed by atoms with Crippen LogP contribution in [-0.2, 0) is 6.61 Å². The van der Waals surface area contributed by atoms with Gasteiger partial charge in [0.15, 0.2) is 23.8 Å². The van der Waals surface area contributed by atoms with Crippen molar-refractivity contribution in [3.05, 3.63) is 41.6 Å². The number of benzene rings is 1. The summed E-state index contributed by atoms with van der Waals surface area (Å²) in [5, 5.41) is 2.79. The zero-order valence-electron chi connectivity index (χ0n) is 13.9. The van der Waals surface area contributed by atoms with Crippen molar-refractivity contribution in [2.75, 3.05) is 13.7 Å². The summed E-state index contributed by atoms with van der Waals surface area (Å²) < 4.78 is 16.2. The lowest BCUT2D eigenvalue weighted by atomic mass is 10.2. The van der Waals surface area contributed by atoms with Crippen molar-refractivity contribution in [1.29, 1.82) is 0 Å². The third-order valence-electron chi connectivity index (χ3n) is 3.13. The van der Waals surface area contributed by atoms with Crippen LogP contribution in [0.25, 0.3) is 0 Å². The quantitative estimate of drug-likeness (QED) is 0.849. The molecule has 1 amide bonds. The van der Waals surface area contributed by atoms with Gasteiger partial charge in [-0.3, -0.25) is 4.79 Å². The van der Waals surface area contributed by atoms with E-state index in [9.17, 15) is 4.79 Å². The maximum atomic E-state index is 11.9. The van der Waals surface area contributed by atoms with Crippen molar-refractivity contribution in [2.24, 2.45) is 5.92 Å². The number of hydrogen-bond donors (Lipinski definition) is 1. The molecule has 0 radical (unpaired) electrons. The predicted molar refractivity (Wildman–Crippen MR) is 85.7 cm³/mol. The van der Waals surface area contributed by atoms with E-state index >= 15 is 0 Å². The smallest absolute Gasteiger partial charge is 0.273 e. The first kappa shape index (κ1) is 16.9. The van der Waals surface area contributed by atoms with Gasteiger partial charge in [0.25, 0.3) is 5.91 Å². The molecule has 0 fully saturated rings. The molecule has 1 aromatic carbocycles. The largest absolute Gasteiger partial charge is 0.493 e. The standard InChI is InChI=1S/C17H22N2O4/c1-11(2)8-18-17(20)13-9-23-16(19-13)10-22-14-6-5-12(3)7-15(14)21-4/h5-7,9,11H,8,10H2,1-4H3,(H,18,20). The first-order chi connectivity index (χ1) is 11.0. The van der Waals surface area contributed by atoms with Gasteiger partial charge in [0.1, 0.15) is 6.26 Å². The maximum absolute atomic E-state index is 11.9. The number of nitrogens with one attached hydrogen (secondary N) is 1. The Hall–Kier alpha value is -2.50. The third kappa shape index (κ3) is 4.74. The van der Waals surface area contributed by atoms with Crippen LogP contribution in [0.4, 0.5) is 0 Å². The molecule has 1 aromatic heterocycles. The first-order valence-corrected chi connectivity index (χ1v) is 7.49. The number of nitrogens with zero attached hydrogens (tertiary/aromatic N) is 1. The molecule has 0 atom stereocenters. The monoisotopic (exact) mass is 318 g/mol. The molecule has 6 heteroatoms. The Morgan fingerprint density at radius 3 is 2.83 bits per heavy atom. The Labute approximate surface area is 135 Å². The van der Waals surface area contributed by atoms with E-state index in [2.05, 4.69) is 10.3 Å². The van der Waals surface area contributed by atoms with Crippen LogP contribution in [0, 0.1) is 12.8 Å². The molecule has 1 heterocycles. The summed E-state index contributed by atoms with van der Waals surface area (Å²) in [5.74, 6) is 1.71. The summed E-state index contributed by atoms with van der Waals surface area (Å²) >= 11 is 0. The fourth-order valence-corrected chi connectivity index (χ4v) is 1.90. The van der Waals surface area contributed by atoms with Gasteiger partial charge in [0.2, 0.25) is 5.89 Å². The van der Waals surface area contributed by atoms with Crippen LogP contribution < -0.4 is 14.8 Å². The van der Waals surface area contributed by atoms with Gasteiger partial charge in [-0.05, 0) is 30.5 Å². The van der Waals surface area contributed by atoms with E-state index in [0.29, 0.717) is 29.9 Å². The molecule has 0 aliphatic rings. The minimum Gasteiger partial charge on any atom is -0.493 e. The van der Waals surface area contributed by atoms with Gasteiger partial charge in [-0.25, -0.2) is 4.98 Å². The van der Waals surface area contributed by atoms with Gasteiger partial charge in [-0.1, -0.05) is 19.9 Å². The van der Waals surface area contributed by atoms with Crippen molar-refractivity contribution in [3.8, 4) is 11.5 Å². The Morgan fingerprint density at radius 1 is 1.35 bits per heavy atom. The lowest BCUT2D eigenvalue weighted by Gasteiger charge is -2.09. The first-order valence-electron chi connectivity index (χ1n) is 7.49. The summed E-state index contributed by atoms with van der Waals surface area (Å²) in [6.07, 6.45) is 1.33. The Morgan fingerprint density at radius 2 is 2.13 bits per heavy atom. The van der Waals surface area contributed by atoms with Crippen molar-refractivity contribution >= 4 is 5.91 Å². The van der Waals surface area contributed by atoms with Crippen LogP contribution in [0.5, 0.6) is 11.5 Å². The highest BCUT2D eigenvalue weighted by atomic mass is 16.5. The van der Waals surface area contributed by atoms with Crippen molar-refractivity contribution < 1.29 is 18.7 Å². The van der Waals surface area contributed by atoms with E-state index in [-0.39, 0.29) is 18.2 Å². The van der Waals surface area contributed by atoms with Gasteiger partial charge in [0.05, 0.1) is 7.11 Å². The van der Waals surface area contributed by atoms with Crippen LogP contribution in [0.15, 0.2) is 28.9 Å². The minimum atomic E-state index is -0.249. The predicted octanol–water partition coefficient (Wildman–Crippen LogP) is 2.96. The highest BCUT2D eigenvalue weighted by Crippen LogP contribution is 2.28. The number of hydrogen-bond acceptors (Lipinski definition) is 5. The number of rotatable bonds is 7. The van der Waals surface area contributed by atoms with Crippen molar-refractivity contribution in [3.63, 3.8) is 0 Å². The second kappa shape index (κ2) is 7.67. The van der Waals surface area contributed by atoms with E-state index in [1.807, 2.05) is 39.0 Å². The average Bonchev–Trinajstić information content (AvgIpc) is 3.00. The number of amides is 1. The topological polar surface area (TPSA) is 73.6 Å². The molecular weight excluding hydrogens is 296 g/mol. The molecule has 0 saturated carbocycles. The molecule has 23 heavy (non-hydrogen) atoms. The summed E-state index contributed by atoms with van der Waals surface area (Å²) in [6.45, 7) is 6.74. The normalized spacial score (nSPS) is 10.7. The fourth-order valence-electron chi connectivity index (χ4n) is 1.90. The summed E-state index contributed by atoms with van der Waals surface area (Å²) in [7, 11) is 1.59.